The highest BCUT2D eigenvalue weighted by Crippen LogP contribution is 2.54. The van der Waals surface area contributed by atoms with Crippen LogP contribution in [0.1, 0.15) is 25.7 Å². The van der Waals surface area contributed by atoms with E-state index >= 15 is 0 Å². The molecule has 0 aromatic rings. The van der Waals surface area contributed by atoms with Gasteiger partial charge in [0.05, 0.1) is 6.04 Å². The smallest absolute Gasteiger partial charge is 0.321 e. The summed E-state index contributed by atoms with van der Waals surface area (Å²) >= 11 is 0. The van der Waals surface area contributed by atoms with Gasteiger partial charge in [0, 0.05) is 13.1 Å². The van der Waals surface area contributed by atoms with Crippen LogP contribution in [0.4, 0.5) is 4.79 Å². The first-order chi connectivity index (χ1) is 6.20. The average molecular weight is 182 g/mol. The van der Waals surface area contributed by atoms with E-state index in [0.29, 0.717) is 5.41 Å². The van der Waals surface area contributed by atoms with E-state index in [1.54, 1.807) is 4.90 Å². The molecule has 4 heteroatoms. The lowest BCUT2D eigenvalue weighted by molar-refractivity contribution is -0.0667. The van der Waals surface area contributed by atoms with Crippen LogP contribution in [0, 0.1) is 5.41 Å². The van der Waals surface area contributed by atoms with Crippen molar-refractivity contribution in [1.29, 1.82) is 0 Å². The molecule has 72 valence electrons. The van der Waals surface area contributed by atoms with Gasteiger partial charge in [-0.05, 0) is 31.1 Å². The molecule has 3 fully saturated rings. The van der Waals surface area contributed by atoms with Gasteiger partial charge < -0.3 is 4.90 Å². The number of hydrogen-bond acceptors (Lipinski definition) is 2. The van der Waals surface area contributed by atoms with E-state index in [-0.39, 0.29) is 12.1 Å². The molecule has 1 unspecified atom stereocenters. The van der Waals surface area contributed by atoms with E-state index in [0.717, 1.165) is 31.0 Å². The number of fused-ring (bicyclic) bond motifs is 2. The molecule has 2 saturated heterocycles. The highest BCUT2D eigenvalue weighted by atomic mass is 16.5. The Labute approximate surface area is 77.1 Å². The number of hydroxylamine groups is 2. The number of urea groups is 1. The van der Waals surface area contributed by atoms with Crippen LogP contribution < -0.4 is 0 Å². The van der Waals surface area contributed by atoms with Crippen molar-refractivity contribution in [3.05, 3.63) is 0 Å². The molecule has 2 amide bonds. The Kier molecular flexibility index (Phi) is 1.28. The molecule has 3 rings (SSSR count). The molecule has 1 spiro atoms. The summed E-state index contributed by atoms with van der Waals surface area (Å²) in [6, 6.07) is -0.127. The first-order valence-electron chi connectivity index (χ1n) is 4.97. The monoisotopic (exact) mass is 182 g/mol. The summed E-state index contributed by atoms with van der Waals surface area (Å²) in [6.07, 6.45) is 4.73. The van der Waals surface area contributed by atoms with E-state index in [4.69, 9.17) is 0 Å². The number of rotatable bonds is 0. The van der Waals surface area contributed by atoms with Gasteiger partial charge in [0.1, 0.15) is 0 Å². The highest BCUT2D eigenvalue weighted by Gasteiger charge is 2.51. The predicted octanol–water partition coefficient (Wildman–Crippen LogP) is 1.06. The van der Waals surface area contributed by atoms with E-state index in [2.05, 4.69) is 0 Å². The van der Waals surface area contributed by atoms with Gasteiger partial charge in [-0.3, -0.25) is 5.21 Å². The molecule has 2 heterocycles. The molecular formula is C9H14N2O2. The number of nitrogens with zero attached hydrogens (tertiary/aromatic N) is 2. The van der Waals surface area contributed by atoms with Crippen molar-refractivity contribution in [2.45, 2.75) is 31.7 Å². The summed E-state index contributed by atoms with van der Waals surface area (Å²) in [6.45, 7) is 1.57. The molecule has 1 atom stereocenters. The summed E-state index contributed by atoms with van der Waals surface area (Å²) < 4.78 is 0. The van der Waals surface area contributed by atoms with Crippen LogP contribution in [0.25, 0.3) is 0 Å². The van der Waals surface area contributed by atoms with Gasteiger partial charge in [-0.25, -0.2) is 9.86 Å². The van der Waals surface area contributed by atoms with E-state index in [9.17, 15) is 10.0 Å². The molecule has 1 saturated carbocycles. The van der Waals surface area contributed by atoms with Crippen LogP contribution in [-0.4, -0.2) is 40.3 Å². The molecule has 0 aromatic heterocycles. The molecule has 2 bridgehead atoms. The molecule has 0 radical (unpaired) electrons. The van der Waals surface area contributed by atoms with Crippen molar-refractivity contribution in [3.63, 3.8) is 0 Å². The van der Waals surface area contributed by atoms with E-state index in [1.165, 1.54) is 12.8 Å². The molecule has 4 nitrogen and oxygen atoms in total. The third-order valence-corrected chi connectivity index (χ3v) is 3.78. The first kappa shape index (κ1) is 7.62. The van der Waals surface area contributed by atoms with Crippen LogP contribution >= 0.6 is 0 Å². The van der Waals surface area contributed by atoms with Gasteiger partial charge in [-0.2, -0.15) is 0 Å². The summed E-state index contributed by atoms with van der Waals surface area (Å²) in [5.41, 5.74) is 0.487. The average Bonchev–Trinajstić information content (AvgIpc) is 2.87. The lowest BCUT2D eigenvalue weighted by atomic mass is 9.95. The highest BCUT2D eigenvalue weighted by molar-refractivity contribution is 5.76. The standard InChI is InChI=1S/C9H14N2O2/c12-8-10-4-3-9(1-2-9)5-7(6-10)11(8)13/h7,13H,1-6H2. The van der Waals surface area contributed by atoms with Crippen molar-refractivity contribution in [2.24, 2.45) is 5.41 Å². The zero-order valence-electron chi connectivity index (χ0n) is 7.57. The van der Waals surface area contributed by atoms with Crippen molar-refractivity contribution < 1.29 is 10.0 Å². The Balaban J connectivity index is 1.85. The van der Waals surface area contributed by atoms with E-state index in [1.807, 2.05) is 0 Å². The second kappa shape index (κ2) is 2.18. The van der Waals surface area contributed by atoms with Gasteiger partial charge in [0.25, 0.3) is 0 Å². The fourth-order valence-electron chi connectivity index (χ4n) is 2.65. The summed E-state index contributed by atoms with van der Waals surface area (Å²) in [4.78, 5) is 13.1. The van der Waals surface area contributed by atoms with Crippen LogP contribution in [0.15, 0.2) is 0 Å². The maximum absolute atomic E-state index is 11.4. The maximum Gasteiger partial charge on any atom is 0.344 e. The van der Waals surface area contributed by atoms with Crippen molar-refractivity contribution in [1.82, 2.24) is 9.96 Å². The fraction of sp³-hybridized carbons (Fsp3) is 0.889. The van der Waals surface area contributed by atoms with Crippen LogP contribution in [0.3, 0.4) is 0 Å². The number of carbonyl (C=O) groups is 1. The third kappa shape index (κ3) is 0.981. The third-order valence-electron chi connectivity index (χ3n) is 3.78. The summed E-state index contributed by atoms with van der Waals surface area (Å²) in [5.74, 6) is 0. The molecule has 3 aliphatic rings. The number of amides is 2. The minimum absolute atomic E-state index is 0.0671. The fourth-order valence-corrected chi connectivity index (χ4v) is 2.65. The SMILES string of the molecule is O=C1N2CCC3(CC3)CC(C2)N1O. The van der Waals surface area contributed by atoms with Gasteiger partial charge >= 0.3 is 6.03 Å². The Morgan fingerprint density at radius 1 is 1.38 bits per heavy atom. The van der Waals surface area contributed by atoms with Crippen molar-refractivity contribution >= 4 is 6.03 Å². The Morgan fingerprint density at radius 2 is 2.15 bits per heavy atom. The molecule has 2 aliphatic heterocycles. The Bertz CT molecular complexity index is 262. The van der Waals surface area contributed by atoms with Crippen LogP contribution in [-0.2, 0) is 0 Å². The van der Waals surface area contributed by atoms with Crippen molar-refractivity contribution in [3.8, 4) is 0 Å². The van der Waals surface area contributed by atoms with Gasteiger partial charge in [0.2, 0.25) is 0 Å². The van der Waals surface area contributed by atoms with Gasteiger partial charge in [0.15, 0.2) is 0 Å². The predicted molar refractivity (Wildman–Crippen MR) is 45.3 cm³/mol. The zero-order valence-corrected chi connectivity index (χ0v) is 7.57. The quantitative estimate of drug-likeness (QED) is 0.569. The second-order valence-corrected chi connectivity index (χ2v) is 4.68. The molecule has 13 heavy (non-hydrogen) atoms. The lowest BCUT2D eigenvalue weighted by Crippen LogP contribution is -2.36. The minimum atomic E-state index is -0.194. The minimum Gasteiger partial charge on any atom is -0.321 e. The second-order valence-electron chi connectivity index (χ2n) is 4.68. The molecular weight excluding hydrogens is 168 g/mol. The van der Waals surface area contributed by atoms with Crippen molar-refractivity contribution in [2.75, 3.05) is 13.1 Å². The normalized spacial score (nSPS) is 35.5. The number of hydrogen-bond donors (Lipinski definition) is 1. The van der Waals surface area contributed by atoms with Crippen LogP contribution in [0.5, 0.6) is 0 Å². The summed E-state index contributed by atoms with van der Waals surface area (Å²) in [7, 11) is 0. The number of carbonyl (C=O) groups excluding carboxylic acids is 1. The Hall–Kier alpha value is -0.770. The largest absolute Gasteiger partial charge is 0.344 e. The van der Waals surface area contributed by atoms with Gasteiger partial charge in [-0.1, -0.05) is 0 Å². The van der Waals surface area contributed by atoms with E-state index < -0.39 is 0 Å². The zero-order chi connectivity index (χ0) is 9.05. The molecule has 0 aromatic carbocycles. The first-order valence-corrected chi connectivity index (χ1v) is 4.97. The van der Waals surface area contributed by atoms with Crippen LogP contribution in [0.2, 0.25) is 0 Å². The Morgan fingerprint density at radius 3 is 2.85 bits per heavy atom. The van der Waals surface area contributed by atoms with Gasteiger partial charge in [-0.15, -0.1) is 0 Å². The lowest BCUT2D eigenvalue weighted by Gasteiger charge is -2.23. The molecule has 1 N–H and O–H groups in total. The summed E-state index contributed by atoms with van der Waals surface area (Å²) in [5, 5.41) is 10.4. The topological polar surface area (TPSA) is 43.8 Å². The maximum atomic E-state index is 11.4. The molecule has 1 aliphatic carbocycles.